The van der Waals surface area contributed by atoms with Gasteiger partial charge in [0.1, 0.15) is 12.1 Å². The highest BCUT2D eigenvalue weighted by Gasteiger charge is 2.38. The van der Waals surface area contributed by atoms with Crippen molar-refractivity contribution in [1.29, 1.82) is 0 Å². The zero-order chi connectivity index (χ0) is 22.8. The number of anilines is 1. The molecule has 170 valence electrons. The van der Waals surface area contributed by atoms with Crippen LogP contribution in [0, 0.1) is 0 Å². The molecule has 0 radical (unpaired) electrons. The molecule has 0 bridgehead atoms. The maximum absolute atomic E-state index is 12.8. The number of piperazine rings is 1. The first-order valence-corrected chi connectivity index (χ1v) is 11.6. The van der Waals surface area contributed by atoms with E-state index in [9.17, 15) is 9.90 Å². The number of aromatic nitrogens is 2. The Bertz CT molecular complexity index is 1100. The monoisotopic (exact) mass is 463 g/mol. The van der Waals surface area contributed by atoms with Gasteiger partial charge in [-0.3, -0.25) is 9.69 Å². The Labute approximate surface area is 198 Å². The quantitative estimate of drug-likeness (QED) is 0.641. The predicted molar refractivity (Wildman–Crippen MR) is 128 cm³/mol. The summed E-state index contributed by atoms with van der Waals surface area (Å²) >= 11 is 5.94. The zero-order valence-electron chi connectivity index (χ0n) is 18.2. The Hall–Kier alpha value is -3.00. The Balaban J connectivity index is 1.22. The molecular formula is C25H26ClN5O2. The first-order chi connectivity index (χ1) is 16.1. The summed E-state index contributed by atoms with van der Waals surface area (Å²) < 4.78 is 0. The number of β-amino-alcohol motifs (C(OH)–C–C–N with tert-alkyl or cyclic N) is 1. The molecule has 2 saturated heterocycles. The largest absolute Gasteiger partial charge is 0.390 e. The van der Waals surface area contributed by atoms with Gasteiger partial charge in [0.05, 0.1) is 17.8 Å². The summed E-state index contributed by atoms with van der Waals surface area (Å²) in [5, 5.41) is 11.4. The van der Waals surface area contributed by atoms with E-state index in [1.54, 1.807) is 30.6 Å². The van der Waals surface area contributed by atoms with Crippen LogP contribution in [0.2, 0.25) is 5.02 Å². The number of rotatable bonds is 4. The van der Waals surface area contributed by atoms with E-state index in [2.05, 4.69) is 19.8 Å². The van der Waals surface area contributed by atoms with Crippen LogP contribution in [-0.2, 0) is 0 Å². The van der Waals surface area contributed by atoms with E-state index in [-0.39, 0.29) is 11.9 Å². The number of amides is 1. The fourth-order valence-corrected chi connectivity index (χ4v) is 4.76. The fraction of sp³-hybridized carbons (Fsp3) is 0.320. The maximum atomic E-state index is 12.8. The van der Waals surface area contributed by atoms with Crippen LogP contribution in [-0.4, -0.2) is 82.2 Å². The van der Waals surface area contributed by atoms with Crippen LogP contribution in [0.15, 0.2) is 67.0 Å². The molecule has 0 aliphatic carbocycles. The molecule has 2 aliphatic heterocycles. The molecule has 2 aromatic carbocycles. The lowest BCUT2D eigenvalue weighted by molar-refractivity contribution is 0.0376. The van der Waals surface area contributed by atoms with Crippen LogP contribution < -0.4 is 4.90 Å². The zero-order valence-corrected chi connectivity index (χ0v) is 19.0. The Morgan fingerprint density at radius 3 is 2.39 bits per heavy atom. The van der Waals surface area contributed by atoms with Gasteiger partial charge in [-0.25, -0.2) is 9.97 Å². The van der Waals surface area contributed by atoms with Gasteiger partial charge in [0.2, 0.25) is 0 Å². The van der Waals surface area contributed by atoms with Crippen molar-refractivity contribution in [3.63, 3.8) is 0 Å². The summed E-state index contributed by atoms with van der Waals surface area (Å²) in [6.45, 7) is 3.95. The number of aliphatic hydroxyl groups is 1. The van der Waals surface area contributed by atoms with Crippen LogP contribution in [0.5, 0.6) is 0 Å². The van der Waals surface area contributed by atoms with Gasteiger partial charge in [-0.1, -0.05) is 41.9 Å². The molecule has 1 N–H and O–H groups in total. The van der Waals surface area contributed by atoms with E-state index >= 15 is 0 Å². The van der Waals surface area contributed by atoms with E-state index < -0.39 is 6.10 Å². The average molecular weight is 464 g/mol. The van der Waals surface area contributed by atoms with Crippen molar-refractivity contribution in [2.45, 2.75) is 12.1 Å². The second-order valence-corrected chi connectivity index (χ2v) is 8.94. The molecule has 0 saturated carbocycles. The summed E-state index contributed by atoms with van der Waals surface area (Å²) in [6, 6.07) is 19.0. The minimum atomic E-state index is -0.473. The number of carbonyl (C=O) groups is 1. The third-order valence-corrected chi connectivity index (χ3v) is 6.72. The fourth-order valence-electron chi connectivity index (χ4n) is 4.63. The highest BCUT2D eigenvalue weighted by atomic mass is 35.5. The van der Waals surface area contributed by atoms with E-state index in [0.717, 1.165) is 30.2 Å². The van der Waals surface area contributed by atoms with Crippen LogP contribution >= 0.6 is 11.6 Å². The summed E-state index contributed by atoms with van der Waals surface area (Å²) in [5.41, 5.74) is 2.56. The number of nitrogens with zero attached hydrogens (tertiary/aromatic N) is 5. The highest BCUT2D eigenvalue weighted by molar-refractivity contribution is 6.30. The van der Waals surface area contributed by atoms with Crippen LogP contribution in [0.4, 0.5) is 5.82 Å². The molecular weight excluding hydrogens is 438 g/mol. The van der Waals surface area contributed by atoms with Gasteiger partial charge < -0.3 is 14.9 Å². The lowest BCUT2D eigenvalue weighted by Crippen LogP contribution is -2.54. The minimum Gasteiger partial charge on any atom is -0.390 e. The van der Waals surface area contributed by atoms with Gasteiger partial charge >= 0.3 is 0 Å². The smallest absolute Gasteiger partial charge is 0.253 e. The standard InChI is InChI=1S/C25H26ClN5O2/c26-20-8-6-19(7-9-20)25(33)30-12-10-29(11-13-30)22-15-31(16-23(22)32)24-14-21(27-17-28-24)18-4-2-1-3-5-18/h1-9,14,17,22-23,32H,10-13,15-16H2/t22-,23-/m1/s1. The van der Waals surface area contributed by atoms with Gasteiger partial charge in [0.15, 0.2) is 0 Å². The molecule has 8 heteroatoms. The molecule has 0 unspecified atom stereocenters. The topological polar surface area (TPSA) is 72.8 Å². The molecule has 33 heavy (non-hydrogen) atoms. The summed E-state index contributed by atoms with van der Waals surface area (Å²) in [6.07, 6.45) is 1.11. The molecule has 0 spiro atoms. The van der Waals surface area contributed by atoms with E-state index in [1.165, 1.54) is 0 Å². The Morgan fingerprint density at radius 1 is 0.939 bits per heavy atom. The summed E-state index contributed by atoms with van der Waals surface area (Å²) in [7, 11) is 0. The number of aliphatic hydroxyl groups excluding tert-OH is 1. The van der Waals surface area contributed by atoms with Crippen molar-refractivity contribution in [2.75, 3.05) is 44.2 Å². The van der Waals surface area contributed by atoms with Crippen molar-refractivity contribution in [2.24, 2.45) is 0 Å². The number of carbonyl (C=O) groups excluding carboxylic acids is 1. The lowest BCUT2D eigenvalue weighted by atomic mass is 10.1. The van der Waals surface area contributed by atoms with E-state index in [1.807, 2.05) is 41.3 Å². The van der Waals surface area contributed by atoms with Crippen molar-refractivity contribution < 1.29 is 9.90 Å². The summed E-state index contributed by atoms with van der Waals surface area (Å²) in [4.78, 5) is 27.9. The number of hydrogen-bond acceptors (Lipinski definition) is 6. The van der Waals surface area contributed by atoms with Gasteiger partial charge in [-0.05, 0) is 24.3 Å². The molecule has 1 amide bonds. The van der Waals surface area contributed by atoms with Crippen molar-refractivity contribution in [1.82, 2.24) is 19.8 Å². The maximum Gasteiger partial charge on any atom is 0.253 e. The number of halogens is 1. The average Bonchev–Trinajstić information content (AvgIpc) is 3.26. The number of benzene rings is 2. The van der Waals surface area contributed by atoms with Crippen LogP contribution in [0.25, 0.3) is 11.3 Å². The molecule has 3 heterocycles. The predicted octanol–water partition coefficient (Wildman–Crippen LogP) is 2.80. The second-order valence-electron chi connectivity index (χ2n) is 8.50. The van der Waals surface area contributed by atoms with Gasteiger partial charge in [0.25, 0.3) is 5.91 Å². The Morgan fingerprint density at radius 2 is 1.67 bits per heavy atom. The minimum absolute atomic E-state index is 0.00734. The lowest BCUT2D eigenvalue weighted by Gasteiger charge is -2.38. The normalized spacial score (nSPS) is 21.4. The second kappa shape index (κ2) is 9.47. The van der Waals surface area contributed by atoms with E-state index in [0.29, 0.717) is 36.8 Å². The molecule has 2 fully saturated rings. The third kappa shape index (κ3) is 4.71. The van der Waals surface area contributed by atoms with Gasteiger partial charge in [0, 0.05) is 61.5 Å². The first kappa shape index (κ1) is 21.8. The van der Waals surface area contributed by atoms with Crippen LogP contribution in [0.1, 0.15) is 10.4 Å². The van der Waals surface area contributed by atoms with Gasteiger partial charge in [-0.2, -0.15) is 0 Å². The molecule has 1 aromatic heterocycles. The number of hydrogen-bond donors (Lipinski definition) is 1. The molecule has 7 nitrogen and oxygen atoms in total. The van der Waals surface area contributed by atoms with E-state index in [4.69, 9.17) is 11.6 Å². The van der Waals surface area contributed by atoms with Crippen molar-refractivity contribution in [3.05, 3.63) is 77.6 Å². The first-order valence-electron chi connectivity index (χ1n) is 11.2. The molecule has 2 aliphatic rings. The SMILES string of the molecule is O=C(c1ccc(Cl)cc1)N1CCN([C@@H]2CN(c3cc(-c4ccccc4)ncn3)C[C@H]2O)CC1. The third-order valence-electron chi connectivity index (χ3n) is 6.47. The molecule has 3 aromatic rings. The van der Waals surface area contributed by atoms with Crippen LogP contribution in [0.3, 0.4) is 0 Å². The molecule has 5 rings (SSSR count). The van der Waals surface area contributed by atoms with Gasteiger partial charge in [-0.15, -0.1) is 0 Å². The summed E-state index contributed by atoms with van der Waals surface area (Å²) in [5.74, 6) is 0.844. The van der Waals surface area contributed by atoms with Crippen molar-refractivity contribution in [3.8, 4) is 11.3 Å². The Kier molecular flexibility index (Phi) is 6.26. The highest BCUT2D eigenvalue weighted by Crippen LogP contribution is 2.26. The van der Waals surface area contributed by atoms with Crippen molar-refractivity contribution >= 4 is 23.3 Å². The molecule has 2 atom stereocenters.